The summed E-state index contributed by atoms with van der Waals surface area (Å²) >= 11 is 0. The molecule has 0 radical (unpaired) electrons. The van der Waals surface area contributed by atoms with E-state index in [1.165, 1.54) is 11.1 Å². The van der Waals surface area contributed by atoms with E-state index in [9.17, 15) is 4.79 Å². The van der Waals surface area contributed by atoms with E-state index in [1.54, 1.807) is 0 Å². The van der Waals surface area contributed by atoms with Gasteiger partial charge in [-0.25, -0.2) is 4.79 Å². The molecule has 0 aromatic heterocycles. The van der Waals surface area contributed by atoms with Crippen LogP contribution in [0, 0.1) is 0 Å². The average Bonchev–Trinajstić information content (AvgIpc) is 2.56. The molecule has 0 aliphatic heterocycles. The van der Waals surface area contributed by atoms with Crippen molar-refractivity contribution in [3.63, 3.8) is 0 Å². The molecule has 1 aromatic rings. The van der Waals surface area contributed by atoms with Crippen LogP contribution >= 0.6 is 0 Å². The van der Waals surface area contributed by atoms with Crippen LogP contribution in [0.25, 0.3) is 0 Å². The Morgan fingerprint density at radius 2 is 2.00 bits per heavy atom. The molecule has 3 nitrogen and oxygen atoms in total. The van der Waals surface area contributed by atoms with E-state index in [0.717, 1.165) is 44.3 Å². The van der Waals surface area contributed by atoms with Gasteiger partial charge in [-0.15, -0.1) is 0 Å². The van der Waals surface area contributed by atoms with Gasteiger partial charge in [0, 0.05) is 6.42 Å². The van der Waals surface area contributed by atoms with Gasteiger partial charge in [0.15, 0.2) is 0 Å². The fraction of sp³-hybridized carbons (Fsp3) is 0.526. The first-order valence-corrected chi connectivity index (χ1v) is 8.35. The Bertz CT molecular complexity index is 502. The zero-order valence-electron chi connectivity index (χ0n) is 13.6. The lowest BCUT2D eigenvalue weighted by Crippen LogP contribution is -2.12. The highest BCUT2D eigenvalue weighted by Crippen LogP contribution is 2.32. The number of benzene rings is 1. The van der Waals surface area contributed by atoms with Crippen LogP contribution in [0.2, 0.25) is 0 Å². The second-order valence-corrected chi connectivity index (χ2v) is 5.79. The van der Waals surface area contributed by atoms with Gasteiger partial charge in [-0.2, -0.15) is 0 Å². The van der Waals surface area contributed by atoms with E-state index in [2.05, 4.69) is 38.1 Å². The topological polar surface area (TPSA) is 35.5 Å². The molecule has 0 amide bonds. The van der Waals surface area contributed by atoms with Crippen molar-refractivity contribution in [1.29, 1.82) is 0 Å². The van der Waals surface area contributed by atoms with Crippen molar-refractivity contribution in [3.8, 4) is 0 Å². The summed E-state index contributed by atoms with van der Waals surface area (Å²) in [6.07, 6.45) is 7.15. The van der Waals surface area contributed by atoms with Gasteiger partial charge >= 0.3 is 6.16 Å². The van der Waals surface area contributed by atoms with Crippen molar-refractivity contribution in [2.45, 2.75) is 58.3 Å². The molecule has 22 heavy (non-hydrogen) atoms. The molecule has 120 valence electrons. The van der Waals surface area contributed by atoms with Crippen LogP contribution < -0.4 is 0 Å². The zero-order valence-corrected chi connectivity index (χ0v) is 13.6. The summed E-state index contributed by atoms with van der Waals surface area (Å²) in [6, 6.07) is 8.86. The average molecular weight is 302 g/mol. The van der Waals surface area contributed by atoms with Crippen molar-refractivity contribution in [2.75, 3.05) is 6.61 Å². The molecule has 2 rings (SSSR count). The first kappa shape index (κ1) is 16.6. The number of rotatable bonds is 6. The molecular formula is C19H26O3. The number of hydrogen-bond acceptors (Lipinski definition) is 3. The number of carbonyl (C=O) groups is 1. The molecule has 1 unspecified atom stereocenters. The summed E-state index contributed by atoms with van der Waals surface area (Å²) in [5, 5.41) is 0. The Kier molecular flexibility index (Phi) is 6.50. The number of hydrogen-bond donors (Lipinski definition) is 0. The second kappa shape index (κ2) is 8.62. The summed E-state index contributed by atoms with van der Waals surface area (Å²) < 4.78 is 10.3. The molecule has 0 bridgehead atoms. The summed E-state index contributed by atoms with van der Waals surface area (Å²) in [4.78, 5) is 11.5. The molecule has 3 heteroatoms. The zero-order chi connectivity index (χ0) is 15.8. The van der Waals surface area contributed by atoms with E-state index < -0.39 is 6.16 Å². The van der Waals surface area contributed by atoms with Crippen molar-refractivity contribution in [3.05, 3.63) is 47.2 Å². The molecule has 1 aliphatic carbocycles. The lowest BCUT2D eigenvalue weighted by molar-refractivity contribution is 0.0726. The fourth-order valence-electron chi connectivity index (χ4n) is 2.67. The maximum absolute atomic E-state index is 11.5. The van der Waals surface area contributed by atoms with Gasteiger partial charge in [0.1, 0.15) is 5.76 Å². The summed E-state index contributed by atoms with van der Waals surface area (Å²) in [5.41, 5.74) is 2.74. The predicted octanol–water partition coefficient (Wildman–Crippen LogP) is 5.35. The van der Waals surface area contributed by atoms with E-state index in [0.29, 0.717) is 12.5 Å². The lowest BCUT2D eigenvalue weighted by Gasteiger charge is -2.22. The van der Waals surface area contributed by atoms with Gasteiger partial charge in [0.05, 0.1) is 6.61 Å². The van der Waals surface area contributed by atoms with Gasteiger partial charge in [-0.05, 0) is 48.8 Å². The van der Waals surface area contributed by atoms with Gasteiger partial charge in [-0.1, -0.05) is 44.5 Å². The molecule has 0 fully saturated rings. The molecule has 1 aliphatic rings. The molecule has 0 heterocycles. The minimum atomic E-state index is -0.564. The molecule has 0 spiro atoms. The normalized spacial score (nSPS) is 17.7. The monoisotopic (exact) mass is 302 g/mol. The molecular weight excluding hydrogens is 276 g/mol. The third kappa shape index (κ3) is 4.90. The minimum Gasteiger partial charge on any atom is -0.434 e. The number of unbranched alkanes of at least 4 members (excludes halogenated alkanes) is 1. The molecule has 1 atom stereocenters. The van der Waals surface area contributed by atoms with Gasteiger partial charge in [0.25, 0.3) is 0 Å². The van der Waals surface area contributed by atoms with Crippen LogP contribution in [0.5, 0.6) is 0 Å². The Balaban J connectivity index is 1.82. The predicted molar refractivity (Wildman–Crippen MR) is 87.8 cm³/mol. The highest BCUT2D eigenvalue weighted by atomic mass is 16.7. The number of aryl methyl sites for hydroxylation is 1. The van der Waals surface area contributed by atoms with Crippen molar-refractivity contribution in [2.24, 2.45) is 0 Å². The number of allylic oxidation sites excluding steroid dienone is 2. The third-order valence-electron chi connectivity index (χ3n) is 4.16. The number of carbonyl (C=O) groups excluding carboxylic acids is 1. The standard InChI is InChI=1S/C19H26O3/c1-3-5-14-21-19(20)22-18-12-10-17(11-13-18)16-8-6-15(4-2)7-9-16/h6-9,12,17H,3-5,10-11,13-14H2,1-2H3. The smallest absolute Gasteiger partial charge is 0.434 e. The highest BCUT2D eigenvalue weighted by molar-refractivity contribution is 5.61. The Labute approximate surface area is 133 Å². The van der Waals surface area contributed by atoms with Gasteiger partial charge < -0.3 is 9.47 Å². The quantitative estimate of drug-likeness (QED) is 0.524. The van der Waals surface area contributed by atoms with Crippen molar-refractivity contribution < 1.29 is 14.3 Å². The van der Waals surface area contributed by atoms with E-state index in [1.807, 2.05) is 6.08 Å². The first-order chi connectivity index (χ1) is 10.7. The van der Waals surface area contributed by atoms with Crippen molar-refractivity contribution >= 4 is 6.16 Å². The van der Waals surface area contributed by atoms with Crippen molar-refractivity contribution in [1.82, 2.24) is 0 Å². The SMILES string of the molecule is CCCCOC(=O)OC1=CCC(c2ccc(CC)cc2)CC1. The van der Waals surface area contributed by atoms with Crippen LogP contribution in [0.1, 0.15) is 63.0 Å². The van der Waals surface area contributed by atoms with E-state index >= 15 is 0 Å². The van der Waals surface area contributed by atoms with E-state index in [-0.39, 0.29) is 0 Å². The maximum Gasteiger partial charge on any atom is 0.513 e. The van der Waals surface area contributed by atoms with Crippen LogP contribution in [0.15, 0.2) is 36.1 Å². The largest absolute Gasteiger partial charge is 0.513 e. The summed E-state index contributed by atoms with van der Waals surface area (Å²) in [7, 11) is 0. The molecule has 0 saturated heterocycles. The van der Waals surface area contributed by atoms with E-state index in [4.69, 9.17) is 9.47 Å². The third-order valence-corrected chi connectivity index (χ3v) is 4.16. The van der Waals surface area contributed by atoms with Gasteiger partial charge in [-0.3, -0.25) is 0 Å². The Morgan fingerprint density at radius 3 is 2.59 bits per heavy atom. The summed E-state index contributed by atoms with van der Waals surface area (Å²) in [6.45, 7) is 4.67. The maximum atomic E-state index is 11.5. The Morgan fingerprint density at radius 1 is 1.23 bits per heavy atom. The van der Waals surface area contributed by atoms with Crippen LogP contribution in [-0.4, -0.2) is 12.8 Å². The lowest BCUT2D eigenvalue weighted by atomic mass is 9.86. The first-order valence-electron chi connectivity index (χ1n) is 8.35. The highest BCUT2D eigenvalue weighted by Gasteiger charge is 2.19. The van der Waals surface area contributed by atoms with Gasteiger partial charge in [0.2, 0.25) is 0 Å². The van der Waals surface area contributed by atoms with Crippen LogP contribution in [0.4, 0.5) is 4.79 Å². The second-order valence-electron chi connectivity index (χ2n) is 5.79. The van der Waals surface area contributed by atoms with Crippen LogP contribution in [0.3, 0.4) is 0 Å². The fourth-order valence-corrected chi connectivity index (χ4v) is 2.67. The molecule has 0 saturated carbocycles. The summed E-state index contributed by atoms with van der Waals surface area (Å²) in [5.74, 6) is 1.28. The minimum absolute atomic E-state index is 0.439. The Hall–Kier alpha value is -1.77. The molecule has 0 N–H and O–H groups in total. The van der Waals surface area contributed by atoms with Crippen LogP contribution in [-0.2, 0) is 15.9 Å². The molecule has 1 aromatic carbocycles. The number of ether oxygens (including phenoxy) is 2.